The molecule has 0 saturated carbocycles. The molecule has 0 aliphatic rings. The van der Waals surface area contributed by atoms with E-state index in [0.29, 0.717) is 16.4 Å². The van der Waals surface area contributed by atoms with Crippen LogP contribution in [-0.2, 0) is 0 Å². The number of aromatic nitrogens is 5. The molecule has 0 spiro atoms. The lowest BCUT2D eigenvalue weighted by atomic mass is 10.0. The number of tetrazole rings is 1. The number of benzene rings is 3. The standard InChI is InChI=1S/C21H14N6OS2/c28-20(13-6-2-1-3-7-13)23-18-12-22-21(30-18)29-17-11-5-8-14-15(17)9-4-10-16(14)19-24-26-27-25-19/h1-12H,(H,23,28)(H,24,25,26,27). The molecule has 2 N–H and O–H groups in total. The molecular formula is C21H14N6OS2. The van der Waals surface area contributed by atoms with E-state index in [1.165, 1.54) is 11.3 Å². The summed E-state index contributed by atoms with van der Waals surface area (Å²) >= 11 is 3.00. The second kappa shape index (κ2) is 8.05. The van der Waals surface area contributed by atoms with Crippen molar-refractivity contribution in [1.82, 2.24) is 25.6 Å². The van der Waals surface area contributed by atoms with Crippen LogP contribution >= 0.6 is 23.1 Å². The lowest BCUT2D eigenvalue weighted by Crippen LogP contribution is -2.10. The average molecular weight is 431 g/mol. The van der Waals surface area contributed by atoms with Crippen molar-refractivity contribution in [2.75, 3.05) is 5.32 Å². The number of aromatic amines is 1. The molecule has 0 unspecified atom stereocenters. The van der Waals surface area contributed by atoms with Gasteiger partial charge in [-0.15, -0.1) is 10.2 Å². The lowest BCUT2D eigenvalue weighted by molar-refractivity contribution is 0.102. The summed E-state index contributed by atoms with van der Waals surface area (Å²) in [6.07, 6.45) is 1.68. The molecule has 5 aromatic rings. The highest BCUT2D eigenvalue weighted by Gasteiger charge is 2.13. The lowest BCUT2D eigenvalue weighted by Gasteiger charge is -2.07. The van der Waals surface area contributed by atoms with Gasteiger partial charge >= 0.3 is 0 Å². The summed E-state index contributed by atoms with van der Waals surface area (Å²) in [5.41, 5.74) is 1.53. The summed E-state index contributed by atoms with van der Waals surface area (Å²) in [5, 5.41) is 20.1. The average Bonchev–Trinajstić information content (AvgIpc) is 3.47. The van der Waals surface area contributed by atoms with Crippen LogP contribution in [0.15, 0.2) is 82.2 Å². The number of carbonyl (C=O) groups excluding carboxylic acids is 1. The number of H-pyrrole nitrogens is 1. The number of thiazole rings is 1. The molecule has 2 heterocycles. The minimum atomic E-state index is -0.147. The number of nitrogens with zero attached hydrogens (tertiary/aromatic N) is 4. The van der Waals surface area contributed by atoms with E-state index in [9.17, 15) is 4.79 Å². The summed E-state index contributed by atoms with van der Waals surface area (Å²) in [4.78, 5) is 17.9. The smallest absolute Gasteiger partial charge is 0.256 e. The zero-order valence-corrected chi connectivity index (χ0v) is 17.1. The first-order valence-corrected chi connectivity index (χ1v) is 10.7. The molecule has 9 heteroatoms. The highest BCUT2D eigenvalue weighted by atomic mass is 32.2. The molecule has 0 saturated heterocycles. The van der Waals surface area contributed by atoms with Crippen LogP contribution in [0, 0.1) is 0 Å². The number of anilines is 1. The Balaban J connectivity index is 1.40. The first-order chi connectivity index (χ1) is 14.8. The fraction of sp³-hybridized carbons (Fsp3) is 0. The number of rotatable bonds is 5. The number of hydrogen-bond acceptors (Lipinski definition) is 7. The first-order valence-electron chi connectivity index (χ1n) is 9.03. The summed E-state index contributed by atoms with van der Waals surface area (Å²) in [7, 11) is 0. The summed E-state index contributed by atoms with van der Waals surface area (Å²) in [5.74, 6) is 0.411. The van der Waals surface area contributed by atoms with Crippen molar-refractivity contribution in [3.8, 4) is 11.4 Å². The van der Waals surface area contributed by atoms with Gasteiger partial charge in [-0.2, -0.15) is 5.21 Å². The van der Waals surface area contributed by atoms with Crippen LogP contribution in [0.2, 0.25) is 0 Å². The Hall–Kier alpha value is -3.56. The number of nitrogens with one attached hydrogen (secondary N) is 2. The third-order valence-electron chi connectivity index (χ3n) is 4.42. The van der Waals surface area contributed by atoms with Crippen molar-refractivity contribution in [3.63, 3.8) is 0 Å². The number of carbonyl (C=O) groups is 1. The Bertz CT molecular complexity index is 1320. The second-order valence-electron chi connectivity index (χ2n) is 6.30. The zero-order valence-electron chi connectivity index (χ0n) is 15.4. The van der Waals surface area contributed by atoms with Crippen molar-refractivity contribution >= 4 is 44.8 Å². The fourth-order valence-electron chi connectivity index (χ4n) is 3.07. The van der Waals surface area contributed by atoms with E-state index in [4.69, 9.17) is 0 Å². The van der Waals surface area contributed by atoms with Crippen LogP contribution in [0.5, 0.6) is 0 Å². The van der Waals surface area contributed by atoms with Gasteiger partial charge in [0.1, 0.15) is 5.00 Å². The van der Waals surface area contributed by atoms with Gasteiger partial charge in [-0.3, -0.25) is 4.79 Å². The maximum absolute atomic E-state index is 12.3. The van der Waals surface area contributed by atoms with Crippen molar-refractivity contribution in [3.05, 3.63) is 78.5 Å². The van der Waals surface area contributed by atoms with E-state index in [0.717, 1.165) is 25.6 Å². The molecule has 0 aliphatic carbocycles. The fourth-order valence-corrected chi connectivity index (χ4v) is 5.05. The highest BCUT2D eigenvalue weighted by Crippen LogP contribution is 2.38. The van der Waals surface area contributed by atoms with Gasteiger partial charge in [-0.25, -0.2) is 4.98 Å². The molecule has 0 fully saturated rings. The maximum atomic E-state index is 12.3. The van der Waals surface area contributed by atoms with E-state index >= 15 is 0 Å². The Kier molecular flexibility index (Phi) is 4.96. The molecule has 30 heavy (non-hydrogen) atoms. The van der Waals surface area contributed by atoms with Gasteiger partial charge in [0, 0.05) is 16.0 Å². The molecule has 7 nitrogen and oxygen atoms in total. The van der Waals surface area contributed by atoms with Gasteiger partial charge in [-0.05, 0) is 34.2 Å². The maximum Gasteiger partial charge on any atom is 0.256 e. The molecule has 0 aliphatic heterocycles. The summed E-state index contributed by atoms with van der Waals surface area (Å²) < 4.78 is 0.843. The monoisotopic (exact) mass is 430 g/mol. The second-order valence-corrected chi connectivity index (χ2v) is 8.62. The Labute approximate surface area is 179 Å². The molecule has 0 radical (unpaired) electrons. The molecule has 0 atom stereocenters. The van der Waals surface area contributed by atoms with Crippen LogP contribution in [0.25, 0.3) is 22.2 Å². The predicted molar refractivity (Wildman–Crippen MR) is 118 cm³/mol. The minimum Gasteiger partial charge on any atom is -0.312 e. The van der Waals surface area contributed by atoms with Gasteiger partial charge < -0.3 is 5.32 Å². The van der Waals surface area contributed by atoms with Crippen molar-refractivity contribution in [2.24, 2.45) is 0 Å². The number of amides is 1. The van der Waals surface area contributed by atoms with Gasteiger partial charge in [0.2, 0.25) is 5.82 Å². The van der Waals surface area contributed by atoms with Crippen molar-refractivity contribution in [2.45, 2.75) is 9.24 Å². The minimum absolute atomic E-state index is 0.147. The van der Waals surface area contributed by atoms with Crippen LogP contribution in [0.3, 0.4) is 0 Å². The normalized spacial score (nSPS) is 10.9. The topological polar surface area (TPSA) is 96.5 Å². The van der Waals surface area contributed by atoms with Crippen LogP contribution in [0.1, 0.15) is 10.4 Å². The van der Waals surface area contributed by atoms with E-state index in [2.05, 4.69) is 43.1 Å². The van der Waals surface area contributed by atoms with Crippen molar-refractivity contribution in [1.29, 1.82) is 0 Å². The summed E-state index contributed by atoms with van der Waals surface area (Å²) in [6.45, 7) is 0. The van der Waals surface area contributed by atoms with Gasteiger partial charge in [-0.1, -0.05) is 71.6 Å². The Morgan fingerprint density at radius 2 is 1.80 bits per heavy atom. The molecule has 3 aromatic carbocycles. The zero-order chi connectivity index (χ0) is 20.3. The van der Waals surface area contributed by atoms with Crippen molar-refractivity contribution < 1.29 is 4.79 Å². The van der Waals surface area contributed by atoms with Crippen LogP contribution < -0.4 is 5.32 Å². The van der Waals surface area contributed by atoms with Gasteiger partial charge in [0.25, 0.3) is 5.91 Å². The Morgan fingerprint density at radius 3 is 2.63 bits per heavy atom. The molecule has 0 bridgehead atoms. The highest BCUT2D eigenvalue weighted by molar-refractivity contribution is 8.01. The molecule has 146 valence electrons. The van der Waals surface area contributed by atoms with Crippen LogP contribution in [0.4, 0.5) is 5.00 Å². The SMILES string of the molecule is O=C(Nc1cnc(Sc2cccc3c(-c4nn[nH]n4)cccc23)s1)c1ccccc1. The van der Waals surface area contributed by atoms with E-state index in [1.54, 1.807) is 30.1 Å². The van der Waals surface area contributed by atoms with Gasteiger partial charge in [0.05, 0.1) is 6.20 Å². The van der Waals surface area contributed by atoms with Gasteiger partial charge in [0.15, 0.2) is 4.34 Å². The third-order valence-corrected chi connectivity index (χ3v) is 6.49. The van der Waals surface area contributed by atoms with E-state index in [-0.39, 0.29) is 5.91 Å². The quantitative estimate of drug-likeness (QED) is 0.412. The number of fused-ring (bicyclic) bond motifs is 1. The van der Waals surface area contributed by atoms with E-state index in [1.807, 2.05) is 42.5 Å². The molecular weight excluding hydrogens is 416 g/mol. The molecule has 2 aromatic heterocycles. The summed E-state index contributed by atoms with van der Waals surface area (Å²) in [6, 6.07) is 21.2. The molecule has 1 amide bonds. The Morgan fingerprint density at radius 1 is 0.967 bits per heavy atom. The predicted octanol–water partition coefficient (Wildman–Crippen LogP) is 4.88. The third kappa shape index (κ3) is 3.68. The first kappa shape index (κ1) is 18.5. The van der Waals surface area contributed by atoms with Crippen LogP contribution in [-0.4, -0.2) is 31.5 Å². The molecule has 5 rings (SSSR count). The largest absolute Gasteiger partial charge is 0.312 e. The van der Waals surface area contributed by atoms with E-state index < -0.39 is 0 Å². The number of hydrogen-bond donors (Lipinski definition) is 2.